The fourth-order valence-corrected chi connectivity index (χ4v) is 3.20. The van der Waals surface area contributed by atoms with Gasteiger partial charge in [-0.3, -0.25) is 4.79 Å². The van der Waals surface area contributed by atoms with Crippen LogP contribution < -0.4 is 10.2 Å². The second-order valence-corrected chi connectivity index (χ2v) is 5.81. The van der Waals surface area contributed by atoms with Crippen molar-refractivity contribution in [2.45, 2.75) is 12.8 Å². The number of nitrogens with zero attached hydrogens (tertiary/aromatic N) is 2. The Labute approximate surface area is 117 Å². The van der Waals surface area contributed by atoms with Crippen molar-refractivity contribution in [1.82, 2.24) is 5.32 Å². The molecule has 0 radical (unpaired) electrons. The molecule has 1 N–H and O–H groups in total. The Morgan fingerprint density at radius 1 is 1.47 bits per heavy atom. The summed E-state index contributed by atoms with van der Waals surface area (Å²) in [4.78, 5) is 13.6. The number of carbonyl (C=O) groups excluding carboxylic acids is 1. The van der Waals surface area contributed by atoms with E-state index >= 15 is 0 Å². The lowest BCUT2D eigenvalue weighted by Gasteiger charge is -2.23. The van der Waals surface area contributed by atoms with Gasteiger partial charge in [-0.05, 0) is 24.6 Å². The van der Waals surface area contributed by atoms with Crippen molar-refractivity contribution in [2.75, 3.05) is 24.5 Å². The molecule has 2 aliphatic rings. The van der Waals surface area contributed by atoms with Crippen LogP contribution in [0.15, 0.2) is 18.2 Å². The van der Waals surface area contributed by atoms with Gasteiger partial charge in [-0.25, -0.2) is 0 Å². The third-order valence-corrected chi connectivity index (χ3v) is 4.39. The van der Waals surface area contributed by atoms with E-state index in [1.165, 1.54) is 0 Å². The molecule has 1 amide bonds. The first-order valence-electron chi connectivity index (χ1n) is 6.33. The number of hydrogen-bond donors (Lipinski definition) is 1. The van der Waals surface area contributed by atoms with Crippen molar-refractivity contribution in [2.24, 2.45) is 5.41 Å². The average molecular weight is 276 g/mol. The molecular formula is C14H14ClN3O. The van der Waals surface area contributed by atoms with Crippen LogP contribution in [-0.4, -0.2) is 25.5 Å². The van der Waals surface area contributed by atoms with E-state index < -0.39 is 0 Å². The van der Waals surface area contributed by atoms with Crippen LogP contribution in [0.3, 0.4) is 0 Å². The largest absolute Gasteiger partial charge is 0.371 e. The van der Waals surface area contributed by atoms with Crippen LogP contribution in [-0.2, 0) is 4.79 Å². The molecule has 0 aliphatic carbocycles. The van der Waals surface area contributed by atoms with Crippen LogP contribution in [0.2, 0.25) is 5.02 Å². The molecule has 3 rings (SSSR count). The van der Waals surface area contributed by atoms with E-state index in [0.29, 0.717) is 17.0 Å². The van der Waals surface area contributed by atoms with Gasteiger partial charge in [0.1, 0.15) is 6.07 Å². The van der Waals surface area contributed by atoms with Crippen molar-refractivity contribution in [3.8, 4) is 6.07 Å². The first-order chi connectivity index (χ1) is 9.12. The second-order valence-electron chi connectivity index (χ2n) is 5.40. The first kappa shape index (κ1) is 12.3. The van der Waals surface area contributed by atoms with E-state index in [1.54, 1.807) is 6.07 Å². The maximum absolute atomic E-state index is 11.4. The molecule has 98 valence electrons. The molecule has 1 aromatic carbocycles. The number of benzene rings is 1. The number of carbonyl (C=O) groups is 1. The fourth-order valence-electron chi connectivity index (χ4n) is 2.99. The molecule has 5 heteroatoms. The second kappa shape index (κ2) is 4.43. The van der Waals surface area contributed by atoms with Crippen molar-refractivity contribution in [3.05, 3.63) is 28.8 Å². The van der Waals surface area contributed by atoms with Gasteiger partial charge >= 0.3 is 0 Å². The molecule has 2 saturated heterocycles. The normalized spacial score (nSPS) is 25.7. The van der Waals surface area contributed by atoms with Gasteiger partial charge in [0.05, 0.1) is 10.6 Å². The topological polar surface area (TPSA) is 56.1 Å². The maximum atomic E-state index is 11.4. The number of halogens is 1. The summed E-state index contributed by atoms with van der Waals surface area (Å²) in [7, 11) is 0. The average Bonchev–Trinajstić information content (AvgIpc) is 2.97. The maximum Gasteiger partial charge on any atom is 0.220 e. The Hall–Kier alpha value is -1.73. The number of anilines is 1. The summed E-state index contributed by atoms with van der Waals surface area (Å²) in [5, 5.41) is 12.3. The number of hydrogen-bond acceptors (Lipinski definition) is 3. The van der Waals surface area contributed by atoms with Crippen LogP contribution in [0.25, 0.3) is 0 Å². The highest BCUT2D eigenvalue weighted by molar-refractivity contribution is 6.32. The van der Waals surface area contributed by atoms with Gasteiger partial charge in [-0.15, -0.1) is 0 Å². The molecule has 0 aromatic heterocycles. The predicted octanol–water partition coefficient (Wildman–Crippen LogP) is 1.93. The third-order valence-electron chi connectivity index (χ3n) is 4.07. The zero-order valence-corrected chi connectivity index (χ0v) is 11.2. The molecule has 2 aliphatic heterocycles. The van der Waals surface area contributed by atoms with Crippen molar-refractivity contribution < 1.29 is 4.79 Å². The van der Waals surface area contributed by atoms with Gasteiger partial charge in [0, 0.05) is 37.2 Å². The van der Waals surface area contributed by atoms with Crippen LogP contribution in [0.4, 0.5) is 5.69 Å². The highest BCUT2D eigenvalue weighted by atomic mass is 35.5. The van der Waals surface area contributed by atoms with Gasteiger partial charge < -0.3 is 10.2 Å². The summed E-state index contributed by atoms with van der Waals surface area (Å²) in [6.07, 6.45) is 1.64. The van der Waals surface area contributed by atoms with Crippen LogP contribution in [0.5, 0.6) is 0 Å². The molecular weight excluding hydrogens is 262 g/mol. The Balaban J connectivity index is 1.80. The van der Waals surface area contributed by atoms with Crippen molar-refractivity contribution >= 4 is 23.2 Å². The summed E-state index contributed by atoms with van der Waals surface area (Å²) in [6.45, 7) is 2.57. The molecule has 1 aromatic rings. The minimum atomic E-state index is 0.0808. The first-order valence-corrected chi connectivity index (χ1v) is 6.71. The lowest BCUT2D eigenvalue weighted by atomic mass is 9.86. The highest BCUT2D eigenvalue weighted by Crippen LogP contribution is 2.39. The molecule has 0 bridgehead atoms. The van der Waals surface area contributed by atoms with Gasteiger partial charge in [0.25, 0.3) is 0 Å². The van der Waals surface area contributed by atoms with Crippen molar-refractivity contribution in [1.29, 1.82) is 5.26 Å². The SMILES string of the molecule is N#Cc1ccc(N2CC[C@@]3(CNC(=O)C3)C2)cc1Cl. The molecule has 1 spiro atoms. The van der Waals surface area contributed by atoms with Crippen LogP contribution in [0.1, 0.15) is 18.4 Å². The van der Waals surface area contributed by atoms with Gasteiger partial charge in [-0.1, -0.05) is 11.6 Å². The molecule has 0 unspecified atom stereocenters. The van der Waals surface area contributed by atoms with Gasteiger partial charge in [-0.2, -0.15) is 5.26 Å². The molecule has 0 saturated carbocycles. The van der Waals surface area contributed by atoms with E-state index in [4.69, 9.17) is 16.9 Å². The summed E-state index contributed by atoms with van der Waals surface area (Å²) in [6, 6.07) is 7.57. The molecule has 1 atom stereocenters. The summed E-state index contributed by atoms with van der Waals surface area (Å²) in [5.74, 6) is 0.153. The summed E-state index contributed by atoms with van der Waals surface area (Å²) >= 11 is 6.07. The number of amides is 1. The van der Waals surface area contributed by atoms with E-state index in [2.05, 4.69) is 16.3 Å². The van der Waals surface area contributed by atoms with Gasteiger partial charge in [0.2, 0.25) is 5.91 Å². The lowest BCUT2D eigenvalue weighted by Crippen LogP contribution is -2.29. The third kappa shape index (κ3) is 2.15. The fraction of sp³-hybridized carbons (Fsp3) is 0.429. The zero-order valence-electron chi connectivity index (χ0n) is 10.4. The van der Waals surface area contributed by atoms with Crippen LogP contribution >= 0.6 is 11.6 Å². The summed E-state index contributed by atoms with van der Waals surface area (Å²) < 4.78 is 0. The Morgan fingerprint density at radius 2 is 2.32 bits per heavy atom. The summed E-state index contributed by atoms with van der Waals surface area (Å²) in [5.41, 5.74) is 1.61. The van der Waals surface area contributed by atoms with Gasteiger partial charge in [0.15, 0.2) is 0 Å². The lowest BCUT2D eigenvalue weighted by molar-refractivity contribution is -0.119. The predicted molar refractivity (Wildman–Crippen MR) is 73.1 cm³/mol. The molecule has 2 heterocycles. The monoisotopic (exact) mass is 275 g/mol. The number of rotatable bonds is 1. The number of nitriles is 1. The van der Waals surface area contributed by atoms with E-state index in [1.807, 2.05) is 12.1 Å². The molecule has 19 heavy (non-hydrogen) atoms. The van der Waals surface area contributed by atoms with E-state index in [-0.39, 0.29) is 11.3 Å². The molecule has 4 nitrogen and oxygen atoms in total. The standard InChI is InChI=1S/C14H14ClN3O/c15-12-5-11(2-1-10(12)7-16)18-4-3-14(9-18)6-13(19)17-8-14/h1-2,5H,3-4,6,8-9H2,(H,17,19)/t14-/m1/s1. The Bertz CT molecular complexity index is 581. The highest BCUT2D eigenvalue weighted by Gasteiger charge is 2.43. The minimum Gasteiger partial charge on any atom is -0.371 e. The number of nitrogens with one attached hydrogen (secondary N) is 1. The van der Waals surface area contributed by atoms with E-state index in [0.717, 1.165) is 31.7 Å². The molecule has 2 fully saturated rings. The quantitative estimate of drug-likeness (QED) is 0.852. The van der Waals surface area contributed by atoms with Crippen LogP contribution in [0, 0.1) is 16.7 Å². The zero-order chi connectivity index (χ0) is 13.5. The Morgan fingerprint density at radius 3 is 2.95 bits per heavy atom. The van der Waals surface area contributed by atoms with Crippen molar-refractivity contribution in [3.63, 3.8) is 0 Å². The smallest absolute Gasteiger partial charge is 0.220 e. The minimum absolute atomic E-state index is 0.0808. The van der Waals surface area contributed by atoms with E-state index in [9.17, 15) is 4.79 Å². The Kier molecular flexibility index (Phi) is 2.87.